The third-order valence-electron chi connectivity index (χ3n) is 3.96. The lowest BCUT2D eigenvalue weighted by Crippen LogP contribution is -2.53. The van der Waals surface area contributed by atoms with Crippen molar-refractivity contribution in [2.45, 2.75) is 37.6 Å². The lowest BCUT2D eigenvalue weighted by Gasteiger charge is -2.36. The van der Waals surface area contributed by atoms with Gasteiger partial charge in [0.1, 0.15) is 11.6 Å². The number of rotatable bonds is 8. The van der Waals surface area contributed by atoms with Crippen molar-refractivity contribution in [2.75, 3.05) is 19.8 Å². The quantitative estimate of drug-likeness (QED) is 0.709. The van der Waals surface area contributed by atoms with Crippen LogP contribution in [0, 0.1) is 5.82 Å². The van der Waals surface area contributed by atoms with Crippen molar-refractivity contribution >= 4 is 11.9 Å². The fraction of sp³-hybridized carbons (Fsp3) is 0.529. The number of carboxylic acid groups (broad SMARTS) is 1. The molecule has 1 aromatic rings. The molecule has 24 heavy (non-hydrogen) atoms. The first-order valence-corrected chi connectivity index (χ1v) is 7.98. The van der Waals surface area contributed by atoms with Gasteiger partial charge in [-0.05, 0) is 31.4 Å². The van der Waals surface area contributed by atoms with Crippen LogP contribution in [-0.2, 0) is 14.3 Å². The van der Waals surface area contributed by atoms with Gasteiger partial charge >= 0.3 is 5.97 Å². The van der Waals surface area contributed by atoms with E-state index in [2.05, 4.69) is 5.32 Å². The molecular weight excluding hydrogens is 317 g/mol. The number of aliphatic carboxylic acids is 1. The number of hydrogen-bond donors (Lipinski definition) is 2. The Kier molecular flexibility index (Phi) is 6.54. The molecule has 1 saturated heterocycles. The number of carbonyl (C=O) groups excluding carboxylic acids is 1. The molecule has 0 spiro atoms. The highest BCUT2D eigenvalue weighted by atomic mass is 19.1. The molecule has 0 aromatic heterocycles. The van der Waals surface area contributed by atoms with Crippen molar-refractivity contribution in [2.24, 2.45) is 0 Å². The van der Waals surface area contributed by atoms with Gasteiger partial charge in [-0.3, -0.25) is 9.59 Å². The van der Waals surface area contributed by atoms with Gasteiger partial charge in [-0.1, -0.05) is 6.07 Å². The maximum absolute atomic E-state index is 13.0. The number of benzene rings is 1. The van der Waals surface area contributed by atoms with Gasteiger partial charge < -0.3 is 19.9 Å². The molecule has 0 radical (unpaired) electrons. The molecule has 0 saturated carbocycles. The molecule has 7 heteroatoms. The third-order valence-corrected chi connectivity index (χ3v) is 3.96. The maximum Gasteiger partial charge on any atom is 0.305 e. The summed E-state index contributed by atoms with van der Waals surface area (Å²) in [5.41, 5.74) is -0.732. The Balaban J connectivity index is 1.75. The predicted molar refractivity (Wildman–Crippen MR) is 84.3 cm³/mol. The highest BCUT2D eigenvalue weighted by Gasteiger charge is 2.36. The van der Waals surface area contributed by atoms with E-state index in [4.69, 9.17) is 14.6 Å². The number of hydrogen-bond acceptors (Lipinski definition) is 4. The minimum absolute atomic E-state index is 0.109. The molecule has 0 atom stereocenters. The number of halogens is 1. The van der Waals surface area contributed by atoms with Gasteiger partial charge in [-0.15, -0.1) is 0 Å². The Bertz CT molecular complexity index is 572. The normalized spacial score (nSPS) is 16.4. The second-order valence-corrected chi connectivity index (χ2v) is 5.92. The van der Waals surface area contributed by atoms with E-state index in [9.17, 15) is 14.0 Å². The number of carbonyl (C=O) groups is 2. The molecule has 0 aliphatic carbocycles. The summed E-state index contributed by atoms with van der Waals surface area (Å²) in [5.74, 6) is -1.10. The lowest BCUT2D eigenvalue weighted by molar-refractivity contribution is -0.140. The average molecular weight is 339 g/mol. The molecule has 2 rings (SSSR count). The van der Waals surface area contributed by atoms with Gasteiger partial charge in [0, 0.05) is 25.7 Å². The van der Waals surface area contributed by atoms with Gasteiger partial charge in [-0.2, -0.15) is 0 Å². The Morgan fingerprint density at radius 2 is 2.08 bits per heavy atom. The molecule has 1 fully saturated rings. The number of amides is 1. The number of nitrogens with one attached hydrogen (secondary N) is 1. The smallest absolute Gasteiger partial charge is 0.305 e. The number of ether oxygens (including phenoxy) is 2. The molecule has 1 aromatic carbocycles. The van der Waals surface area contributed by atoms with Crippen LogP contribution in [0.3, 0.4) is 0 Å². The van der Waals surface area contributed by atoms with Crippen LogP contribution in [0.15, 0.2) is 24.3 Å². The second kappa shape index (κ2) is 8.63. The van der Waals surface area contributed by atoms with Gasteiger partial charge in [-0.25, -0.2) is 4.39 Å². The molecular formula is C17H22FNO5. The summed E-state index contributed by atoms with van der Waals surface area (Å²) in [4.78, 5) is 23.2. The van der Waals surface area contributed by atoms with Gasteiger partial charge in [0.05, 0.1) is 18.6 Å². The summed E-state index contributed by atoms with van der Waals surface area (Å²) >= 11 is 0. The third kappa shape index (κ3) is 5.81. The van der Waals surface area contributed by atoms with E-state index in [0.717, 1.165) is 0 Å². The van der Waals surface area contributed by atoms with Crippen LogP contribution in [0.4, 0.5) is 4.39 Å². The van der Waals surface area contributed by atoms with Gasteiger partial charge in [0.2, 0.25) is 5.91 Å². The fourth-order valence-electron chi connectivity index (χ4n) is 2.74. The van der Waals surface area contributed by atoms with Crippen LogP contribution in [0.25, 0.3) is 0 Å². The van der Waals surface area contributed by atoms with E-state index in [1.807, 2.05) is 0 Å². The molecule has 1 heterocycles. The largest absolute Gasteiger partial charge is 0.493 e. The molecule has 1 aliphatic heterocycles. The minimum atomic E-state index is -0.938. The van der Waals surface area contributed by atoms with Crippen molar-refractivity contribution in [1.82, 2.24) is 5.32 Å². The molecule has 132 valence electrons. The SMILES string of the molecule is O=C(O)CC1(NC(=O)CCCOc2cccc(F)c2)CCOCC1. The van der Waals surface area contributed by atoms with Crippen LogP contribution in [0.5, 0.6) is 5.75 Å². The van der Waals surface area contributed by atoms with E-state index >= 15 is 0 Å². The van der Waals surface area contributed by atoms with Crippen LogP contribution in [-0.4, -0.2) is 42.3 Å². The first kappa shape index (κ1) is 18.2. The van der Waals surface area contributed by atoms with Crippen LogP contribution in [0.1, 0.15) is 32.1 Å². The highest BCUT2D eigenvalue weighted by Crippen LogP contribution is 2.25. The molecule has 6 nitrogen and oxygen atoms in total. The van der Waals surface area contributed by atoms with E-state index < -0.39 is 11.5 Å². The van der Waals surface area contributed by atoms with Crippen LogP contribution in [0.2, 0.25) is 0 Å². The number of carboxylic acids is 1. The van der Waals surface area contributed by atoms with Gasteiger partial charge in [0.15, 0.2) is 0 Å². The summed E-state index contributed by atoms with van der Waals surface area (Å²) < 4.78 is 23.6. The average Bonchev–Trinajstić information content (AvgIpc) is 2.51. The summed E-state index contributed by atoms with van der Waals surface area (Å²) in [6.07, 6.45) is 1.55. The molecule has 1 aliphatic rings. The summed E-state index contributed by atoms with van der Waals surface area (Å²) in [6.45, 7) is 1.17. The van der Waals surface area contributed by atoms with E-state index in [1.165, 1.54) is 12.1 Å². The predicted octanol–water partition coefficient (Wildman–Crippen LogP) is 2.12. The second-order valence-electron chi connectivity index (χ2n) is 5.92. The Hall–Kier alpha value is -2.15. The van der Waals surface area contributed by atoms with Crippen molar-refractivity contribution in [3.05, 3.63) is 30.1 Å². The van der Waals surface area contributed by atoms with Crippen molar-refractivity contribution < 1.29 is 28.6 Å². The minimum Gasteiger partial charge on any atom is -0.493 e. The molecule has 0 unspecified atom stereocenters. The Labute approximate surface area is 139 Å². The zero-order valence-electron chi connectivity index (χ0n) is 13.4. The highest BCUT2D eigenvalue weighted by molar-refractivity contribution is 5.78. The van der Waals surface area contributed by atoms with Crippen LogP contribution >= 0.6 is 0 Å². The molecule has 1 amide bonds. The van der Waals surface area contributed by atoms with Crippen LogP contribution < -0.4 is 10.1 Å². The zero-order chi connectivity index (χ0) is 17.4. The first-order chi connectivity index (χ1) is 11.5. The summed E-state index contributed by atoms with van der Waals surface area (Å²) in [6, 6.07) is 5.81. The van der Waals surface area contributed by atoms with Crippen molar-refractivity contribution in [1.29, 1.82) is 0 Å². The van der Waals surface area contributed by atoms with E-state index in [1.54, 1.807) is 12.1 Å². The Morgan fingerprint density at radius 3 is 2.75 bits per heavy atom. The van der Waals surface area contributed by atoms with Crippen molar-refractivity contribution in [3.8, 4) is 5.75 Å². The van der Waals surface area contributed by atoms with E-state index in [0.29, 0.717) is 38.2 Å². The lowest BCUT2D eigenvalue weighted by atomic mass is 9.86. The van der Waals surface area contributed by atoms with E-state index in [-0.39, 0.29) is 31.2 Å². The zero-order valence-corrected chi connectivity index (χ0v) is 13.4. The Morgan fingerprint density at radius 1 is 1.33 bits per heavy atom. The summed E-state index contributed by atoms with van der Waals surface area (Å²) in [7, 11) is 0. The topological polar surface area (TPSA) is 84.9 Å². The molecule has 0 bridgehead atoms. The summed E-state index contributed by atoms with van der Waals surface area (Å²) in [5, 5.41) is 11.9. The molecule has 2 N–H and O–H groups in total. The fourth-order valence-corrected chi connectivity index (χ4v) is 2.74. The first-order valence-electron chi connectivity index (χ1n) is 7.98. The standard InChI is InChI=1S/C17H22FNO5/c18-13-3-1-4-14(11-13)24-8-2-5-15(20)19-17(12-16(21)22)6-9-23-10-7-17/h1,3-4,11H,2,5-10,12H2,(H,19,20)(H,21,22). The van der Waals surface area contributed by atoms with Crippen molar-refractivity contribution in [3.63, 3.8) is 0 Å². The van der Waals surface area contributed by atoms with Gasteiger partial charge in [0.25, 0.3) is 0 Å². The monoisotopic (exact) mass is 339 g/mol. The maximum atomic E-state index is 13.0.